The van der Waals surface area contributed by atoms with E-state index < -0.39 is 10.0 Å². The molecule has 5 nitrogen and oxygen atoms in total. The number of pyridine rings is 1. The molecular formula is C19H20N2O3S. The van der Waals surface area contributed by atoms with Crippen molar-refractivity contribution in [3.05, 3.63) is 60.3 Å². The van der Waals surface area contributed by atoms with E-state index >= 15 is 0 Å². The van der Waals surface area contributed by atoms with Crippen LogP contribution in [0.15, 0.2) is 59.6 Å². The number of fused-ring (bicyclic) bond motifs is 1. The Morgan fingerprint density at radius 2 is 1.84 bits per heavy atom. The molecule has 0 aliphatic rings. The van der Waals surface area contributed by atoms with Gasteiger partial charge >= 0.3 is 0 Å². The average molecular weight is 356 g/mol. The van der Waals surface area contributed by atoms with Crippen molar-refractivity contribution >= 4 is 26.6 Å². The second kappa shape index (κ2) is 6.72. The van der Waals surface area contributed by atoms with Crippen LogP contribution in [0.3, 0.4) is 0 Å². The van der Waals surface area contributed by atoms with E-state index in [-0.39, 0.29) is 10.8 Å². The van der Waals surface area contributed by atoms with Crippen LogP contribution in [0.4, 0.5) is 5.69 Å². The normalized spacial score (nSPS) is 11.7. The zero-order valence-corrected chi connectivity index (χ0v) is 15.2. The second-order valence-electron chi connectivity index (χ2n) is 6.05. The van der Waals surface area contributed by atoms with Crippen molar-refractivity contribution < 1.29 is 13.2 Å². The number of nitrogens with one attached hydrogen (secondary N) is 1. The highest BCUT2D eigenvalue weighted by molar-refractivity contribution is 7.92. The lowest BCUT2D eigenvalue weighted by Gasteiger charge is -2.15. The molecule has 0 saturated carbocycles. The lowest BCUT2D eigenvalue weighted by molar-refractivity contribution is 0.402. The molecule has 1 aromatic heterocycles. The van der Waals surface area contributed by atoms with E-state index in [9.17, 15) is 8.42 Å². The SMILES string of the molecule is COc1ccc(C(C)C)cc1S(=O)(=O)Nc1cccc2cccnc12. The minimum Gasteiger partial charge on any atom is -0.495 e. The van der Waals surface area contributed by atoms with Crippen LogP contribution in [0.2, 0.25) is 0 Å². The van der Waals surface area contributed by atoms with Crippen LogP contribution in [0, 0.1) is 0 Å². The molecule has 3 aromatic rings. The van der Waals surface area contributed by atoms with Crippen LogP contribution in [-0.4, -0.2) is 20.5 Å². The van der Waals surface area contributed by atoms with Crippen molar-refractivity contribution in [1.29, 1.82) is 0 Å². The van der Waals surface area contributed by atoms with E-state index in [2.05, 4.69) is 9.71 Å². The molecule has 2 aromatic carbocycles. The van der Waals surface area contributed by atoms with Gasteiger partial charge in [0, 0.05) is 11.6 Å². The molecule has 130 valence electrons. The van der Waals surface area contributed by atoms with Gasteiger partial charge in [0.25, 0.3) is 10.0 Å². The van der Waals surface area contributed by atoms with Crippen LogP contribution in [0.1, 0.15) is 25.3 Å². The van der Waals surface area contributed by atoms with Crippen LogP contribution >= 0.6 is 0 Å². The van der Waals surface area contributed by atoms with E-state index in [1.807, 2.05) is 38.1 Å². The van der Waals surface area contributed by atoms with Gasteiger partial charge in [-0.2, -0.15) is 0 Å². The average Bonchev–Trinajstić information content (AvgIpc) is 2.61. The number of nitrogens with zero attached hydrogens (tertiary/aromatic N) is 1. The molecule has 1 heterocycles. The molecule has 0 saturated heterocycles. The lowest BCUT2D eigenvalue weighted by Crippen LogP contribution is -2.15. The fourth-order valence-corrected chi connectivity index (χ4v) is 3.92. The van der Waals surface area contributed by atoms with Crippen molar-refractivity contribution in [2.45, 2.75) is 24.7 Å². The fourth-order valence-electron chi connectivity index (χ4n) is 2.65. The minimum absolute atomic E-state index is 0.120. The summed E-state index contributed by atoms with van der Waals surface area (Å²) < 4.78 is 33.9. The van der Waals surface area contributed by atoms with Crippen LogP contribution in [-0.2, 0) is 10.0 Å². The number of aromatic nitrogens is 1. The molecule has 6 heteroatoms. The first-order valence-electron chi connectivity index (χ1n) is 7.97. The third kappa shape index (κ3) is 3.44. The number of hydrogen-bond acceptors (Lipinski definition) is 4. The number of sulfonamides is 1. The highest BCUT2D eigenvalue weighted by Gasteiger charge is 2.22. The van der Waals surface area contributed by atoms with Gasteiger partial charge in [-0.15, -0.1) is 0 Å². The summed E-state index contributed by atoms with van der Waals surface area (Å²) in [4.78, 5) is 4.41. The quantitative estimate of drug-likeness (QED) is 0.745. The highest BCUT2D eigenvalue weighted by atomic mass is 32.2. The summed E-state index contributed by atoms with van der Waals surface area (Å²) in [5.74, 6) is 0.518. The highest BCUT2D eigenvalue weighted by Crippen LogP contribution is 2.31. The van der Waals surface area contributed by atoms with E-state index in [1.54, 1.807) is 30.5 Å². The molecule has 1 N–H and O–H groups in total. The monoisotopic (exact) mass is 356 g/mol. The molecular weight excluding hydrogens is 336 g/mol. The summed E-state index contributed by atoms with van der Waals surface area (Å²) in [6, 6.07) is 14.3. The second-order valence-corrected chi connectivity index (χ2v) is 7.70. The number of anilines is 1. The lowest BCUT2D eigenvalue weighted by atomic mass is 10.0. The van der Waals surface area contributed by atoms with Gasteiger partial charge in [0.05, 0.1) is 18.3 Å². The summed E-state index contributed by atoms with van der Waals surface area (Å²) >= 11 is 0. The van der Waals surface area contributed by atoms with Gasteiger partial charge in [0.15, 0.2) is 0 Å². The first kappa shape index (κ1) is 17.2. The number of methoxy groups -OCH3 is 1. The van der Waals surface area contributed by atoms with E-state index in [0.29, 0.717) is 17.0 Å². The largest absolute Gasteiger partial charge is 0.495 e. The third-order valence-electron chi connectivity index (χ3n) is 4.02. The molecule has 3 rings (SSSR count). The summed E-state index contributed by atoms with van der Waals surface area (Å²) in [5.41, 5.74) is 1.97. The van der Waals surface area contributed by atoms with Gasteiger partial charge in [-0.05, 0) is 35.7 Å². The summed E-state index contributed by atoms with van der Waals surface area (Å²) in [6.45, 7) is 4.03. The van der Waals surface area contributed by atoms with E-state index in [0.717, 1.165) is 10.9 Å². The van der Waals surface area contributed by atoms with Crippen molar-refractivity contribution in [2.24, 2.45) is 0 Å². The maximum absolute atomic E-state index is 13.0. The summed E-state index contributed by atoms with van der Waals surface area (Å²) in [6.07, 6.45) is 1.64. The molecule has 0 radical (unpaired) electrons. The smallest absolute Gasteiger partial charge is 0.265 e. The Morgan fingerprint density at radius 3 is 2.56 bits per heavy atom. The van der Waals surface area contributed by atoms with Crippen LogP contribution in [0.5, 0.6) is 5.75 Å². The predicted octanol–water partition coefficient (Wildman–Crippen LogP) is 4.17. The molecule has 0 aliphatic carbocycles. The molecule has 0 aliphatic heterocycles. The first-order chi connectivity index (χ1) is 11.9. The Hall–Kier alpha value is -2.60. The molecule has 0 atom stereocenters. The van der Waals surface area contributed by atoms with Gasteiger partial charge in [0.1, 0.15) is 10.6 Å². The zero-order valence-electron chi connectivity index (χ0n) is 14.4. The van der Waals surface area contributed by atoms with E-state index in [1.165, 1.54) is 7.11 Å². The maximum Gasteiger partial charge on any atom is 0.265 e. The standard InChI is InChI=1S/C19H20N2O3S/c1-13(2)15-9-10-17(24-3)18(12-15)25(22,23)21-16-8-4-6-14-7-5-11-20-19(14)16/h4-13,21H,1-3H3. The van der Waals surface area contributed by atoms with Crippen molar-refractivity contribution in [3.63, 3.8) is 0 Å². The first-order valence-corrected chi connectivity index (χ1v) is 9.45. The Bertz CT molecular complexity index is 1010. The molecule has 0 spiro atoms. The van der Waals surface area contributed by atoms with Crippen LogP contribution < -0.4 is 9.46 Å². The summed E-state index contributed by atoms with van der Waals surface area (Å²) in [7, 11) is -2.36. The molecule has 25 heavy (non-hydrogen) atoms. The van der Waals surface area contributed by atoms with Gasteiger partial charge < -0.3 is 4.74 Å². The molecule has 0 fully saturated rings. The van der Waals surface area contributed by atoms with Gasteiger partial charge in [-0.3, -0.25) is 9.71 Å². The third-order valence-corrected chi connectivity index (χ3v) is 5.41. The maximum atomic E-state index is 13.0. The topological polar surface area (TPSA) is 68.3 Å². The Labute approximate surface area is 147 Å². The molecule has 0 amide bonds. The fraction of sp³-hybridized carbons (Fsp3) is 0.211. The molecule has 0 bridgehead atoms. The Morgan fingerprint density at radius 1 is 1.08 bits per heavy atom. The number of ether oxygens (including phenoxy) is 1. The number of hydrogen-bond donors (Lipinski definition) is 1. The number of rotatable bonds is 5. The minimum atomic E-state index is -3.82. The van der Waals surface area contributed by atoms with Crippen molar-refractivity contribution in [2.75, 3.05) is 11.8 Å². The summed E-state index contributed by atoms with van der Waals surface area (Å²) in [5, 5.41) is 0.866. The van der Waals surface area contributed by atoms with E-state index in [4.69, 9.17) is 4.74 Å². The molecule has 0 unspecified atom stereocenters. The van der Waals surface area contributed by atoms with Gasteiger partial charge in [-0.1, -0.05) is 38.1 Å². The van der Waals surface area contributed by atoms with Gasteiger partial charge in [0.2, 0.25) is 0 Å². The van der Waals surface area contributed by atoms with Crippen LogP contribution in [0.25, 0.3) is 10.9 Å². The van der Waals surface area contributed by atoms with Crippen molar-refractivity contribution in [1.82, 2.24) is 4.98 Å². The zero-order chi connectivity index (χ0) is 18.0. The Kier molecular flexibility index (Phi) is 4.63. The predicted molar refractivity (Wildman–Crippen MR) is 99.6 cm³/mol. The van der Waals surface area contributed by atoms with Crippen molar-refractivity contribution in [3.8, 4) is 5.75 Å². The number of para-hydroxylation sites is 1. The van der Waals surface area contributed by atoms with Gasteiger partial charge in [-0.25, -0.2) is 8.42 Å². The Balaban J connectivity index is 2.09. The number of benzene rings is 2.